The monoisotopic (exact) mass is 315 g/mol. The Morgan fingerprint density at radius 2 is 1.74 bits per heavy atom. The Bertz CT molecular complexity index is 605. The third-order valence-electron chi connectivity index (χ3n) is 3.95. The van der Waals surface area contributed by atoms with E-state index in [4.69, 9.17) is 4.74 Å². The van der Waals surface area contributed by atoms with Crippen molar-refractivity contribution in [3.8, 4) is 5.75 Å². The fraction of sp³-hybridized carbons (Fsp3) is 0.500. The number of aromatic amines is 1. The molecule has 23 heavy (non-hydrogen) atoms. The molecule has 0 unspecified atom stereocenters. The van der Waals surface area contributed by atoms with Gasteiger partial charge in [0.25, 0.3) is 0 Å². The number of aryl methyl sites for hydroxylation is 1. The summed E-state index contributed by atoms with van der Waals surface area (Å²) in [5.74, 6) is 0.636. The molecule has 0 amide bonds. The highest BCUT2D eigenvalue weighted by Gasteiger charge is 2.17. The van der Waals surface area contributed by atoms with Crippen molar-refractivity contribution in [3.63, 3.8) is 0 Å². The second-order valence-corrected chi connectivity index (χ2v) is 5.69. The lowest BCUT2D eigenvalue weighted by molar-refractivity contribution is 0.103. The molecule has 0 fully saturated rings. The van der Waals surface area contributed by atoms with Crippen LogP contribution in [-0.2, 0) is 6.42 Å². The number of rotatable bonds is 10. The van der Waals surface area contributed by atoms with Gasteiger partial charge in [0.15, 0.2) is 5.69 Å². The summed E-state index contributed by atoms with van der Waals surface area (Å²) in [6.45, 7) is 2.21. The van der Waals surface area contributed by atoms with Crippen LogP contribution in [0, 0.1) is 0 Å². The standard InChI is InChI=1S/C18H25N3O2/c1-3-4-5-6-7-8-9-16-17(20-21-19-16)18(22)14-10-12-15(23-2)13-11-14/h10-13H,3-9H2,1-2H3,(H,19,20,21). The number of aromatic nitrogens is 3. The largest absolute Gasteiger partial charge is 0.497 e. The number of unbranched alkanes of at least 4 members (excludes halogenated alkanes) is 5. The molecule has 5 nitrogen and oxygen atoms in total. The predicted octanol–water partition coefficient (Wildman–Crippen LogP) is 3.95. The summed E-state index contributed by atoms with van der Waals surface area (Å²) < 4.78 is 5.11. The number of ketones is 1. The zero-order chi connectivity index (χ0) is 16.5. The second-order valence-electron chi connectivity index (χ2n) is 5.69. The first kappa shape index (κ1) is 17.2. The van der Waals surface area contributed by atoms with E-state index < -0.39 is 0 Å². The van der Waals surface area contributed by atoms with Gasteiger partial charge in [0.1, 0.15) is 5.75 Å². The molecule has 1 heterocycles. The first-order chi connectivity index (χ1) is 11.3. The summed E-state index contributed by atoms with van der Waals surface area (Å²) in [5.41, 5.74) is 1.80. The molecule has 0 saturated heterocycles. The van der Waals surface area contributed by atoms with E-state index in [2.05, 4.69) is 22.3 Å². The topological polar surface area (TPSA) is 67.9 Å². The van der Waals surface area contributed by atoms with Crippen LogP contribution in [0.25, 0.3) is 0 Å². The average molecular weight is 315 g/mol. The Balaban J connectivity index is 1.92. The van der Waals surface area contributed by atoms with Gasteiger partial charge in [-0.1, -0.05) is 39.0 Å². The van der Waals surface area contributed by atoms with Gasteiger partial charge in [-0.3, -0.25) is 4.79 Å². The van der Waals surface area contributed by atoms with E-state index in [0.29, 0.717) is 11.3 Å². The molecule has 2 aromatic rings. The lowest BCUT2D eigenvalue weighted by atomic mass is 10.0. The fourth-order valence-electron chi connectivity index (χ4n) is 2.56. The van der Waals surface area contributed by atoms with Gasteiger partial charge in [-0.05, 0) is 37.1 Å². The Labute approximate surface area is 137 Å². The molecule has 1 aromatic heterocycles. The van der Waals surface area contributed by atoms with E-state index in [9.17, 15) is 4.79 Å². The third-order valence-corrected chi connectivity index (χ3v) is 3.95. The van der Waals surface area contributed by atoms with E-state index in [1.54, 1.807) is 31.4 Å². The number of H-pyrrole nitrogens is 1. The van der Waals surface area contributed by atoms with Gasteiger partial charge in [-0.25, -0.2) is 0 Å². The van der Waals surface area contributed by atoms with Crippen LogP contribution in [0.2, 0.25) is 0 Å². The highest BCUT2D eigenvalue weighted by Crippen LogP contribution is 2.17. The van der Waals surface area contributed by atoms with E-state index >= 15 is 0 Å². The molecule has 0 aliphatic carbocycles. The molecule has 2 rings (SSSR count). The minimum Gasteiger partial charge on any atom is -0.497 e. The van der Waals surface area contributed by atoms with E-state index in [0.717, 1.165) is 24.3 Å². The van der Waals surface area contributed by atoms with E-state index in [1.807, 2.05) is 0 Å². The number of methoxy groups -OCH3 is 1. The van der Waals surface area contributed by atoms with Crippen molar-refractivity contribution in [2.24, 2.45) is 0 Å². The van der Waals surface area contributed by atoms with Gasteiger partial charge in [0.05, 0.1) is 12.8 Å². The van der Waals surface area contributed by atoms with Crippen molar-refractivity contribution in [2.45, 2.75) is 51.9 Å². The first-order valence-electron chi connectivity index (χ1n) is 8.34. The normalized spacial score (nSPS) is 10.7. The summed E-state index contributed by atoms with van der Waals surface area (Å²) in [6, 6.07) is 7.07. The van der Waals surface area contributed by atoms with E-state index in [1.165, 1.54) is 32.1 Å². The van der Waals surface area contributed by atoms with Crippen molar-refractivity contribution in [2.75, 3.05) is 7.11 Å². The van der Waals surface area contributed by atoms with Crippen molar-refractivity contribution >= 4 is 5.78 Å². The van der Waals surface area contributed by atoms with Gasteiger partial charge < -0.3 is 4.74 Å². The van der Waals surface area contributed by atoms with Crippen LogP contribution in [0.1, 0.15) is 67.2 Å². The lowest BCUT2D eigenvalue weighted by Crippen LogP contribution is -2.06. The van der Waals surface area contributed by atoms with Crippen LogP contribution in [0.3, 0.4) is 0 Å². The van der Waals surface area contributed by atoms with Crippen LogP contribution >= 0.6 is 0 Å². The van der Waals surface area contributed by atoms with Crippen LogP contribution in [0.5, 0.6) is 5.75 Å². The molecule has 0 atom stereocenters. The Kier molecular flexibility index (Phi) is 6.78. The number of benzene rings is 1. The lowest BCUT2D eigenvalue weighted by Gasteiger charge is -2.03. The van der Waals surface area contributed by atoms with Crippen LogP contribution < -0.4 is 4.74 Å². The summed E-state index contributed by atoms with van der Waals surface area (Å²) >= 11 is 0. The maximum absolute atomic E-state index is 12.5. The molecule has 0 aliphatic rings. The molecule has 0 radical (unpaired) electrons. The smallest absolute Gasteiger partial charge is 0.215 e. The summed E-state index contributed by atoms with van der Waals surface area (Å²) in [6.07, 6.45) is 8.08. The Morgan fingerprint density at radius 3 is 2.43 bits per heavy atom. The Morgan fingerprint density at radius 1 is 1.04 bits per heavy atom. The number of nitrogens with zero attached hydrogens (tertiary/aromatic N) is 2. The number of hydrogen-bond acceptors (Lipinski definition) is 4. The number of ether oxygens (including phenoxy) is 1. The summed E-state index contributed by atoms with van der Waals surface area (Å²) in [5, 5.41) is 10.8. The number of hydrogen-bond donors (Lipinski definition) is 1. The van der Waals surface area contributed by atoms with Crippen molar-refractivity contribution in [1.29, 1.82) is 0 Å². The molecule has 0 saturated carbocycles. The first-order valence-corrected chi connectivity index (χ1v) is 8.34. The summed E-state index contributed by atoms with van der Waals surface area (Å²) in [7, 11) is 1.60. The van der Waals surface area contributed by atoms with Gasteiger partial charge >= 0.3 is 0 Å². The van der Waals surface area contributed by atoms with Crippen LogP contribution in [-0.4, -0.2) is 28.3 Å². The minimum atomic E-state index is -0.0950. The van der Waals surface area contributed by atoms with Gasteiger partial charge in [0.2, 0.25) is 5.78 Å². The number of carbonyl (C=O) groups excluding carboxylic acids is 1. The van der Waals surface area contributed by atoms with Crippen LogP contribution in [0.15, 0.2) is 24.3 Å². The molecule has 0 bridgehead atoms. The summed E-state index contributed by atoms with van der Waals surface area (Å²) in [4.78, 5) is 12.5. The van der Waals surface area contributed by atoms with Gasteiger partial charge in [-0.2, -0.15) is 15.4 Å². The van der Waals surface area contributed by atoms with Gasteiger partial charge in [0, 0.05) is 5.56 Å². The maximum Gasteiger partial charge on any atom is 0.215 e. The van der Waals surface area contributed by atoms with Crippen molar-refractivity contribution in [1.82, 2.24) is 15.4 Å². The average Bonchev–Trinajstić information content (AvgIpc) is 3.06. The van der Waals surface area contributed by atoms with E-state index in [-0.39, 0.29) is 5.78 Å². The zero-order valence-electron chi connectivity index (χ0n) is 14.0. The highest BCUT2D eigenvalue weighted by molar-refractivity contribution is 6.08. The quantitative estimate of drug-likeness (QED) is 0.532. The predicted molar refractivity (Wildman–Crippen MR) is 89.9 cm³/mol. The number of carbonyl (C=O) groups is 1. The maximum atomic E-state index is 12.5. The SMILES string of the molecule is CCCCCCCCc1n[nH]nc1C(=O)c1ccc(OC)cc1. The van der Waals surface area contributed by atoms with Crippen LogP contribution in [0.4, 0.5) is 0 Å². The molecule has 1 aromatic carbocycles. The van der Waals surface area contributed by atoms with Crippen molar-refractivity contribution in [3.05, 3.63) is 41.2 Å². The molecule has 1 N–H and O–H groups in total. The molecule has 0 spiro atoms. The Hall–Kier alpha value is -2.17. The molecular weight excluding hydrogens is 290 g/mol. The third kappa shape index (κ3) is 4.91. The molecule has 5 heteroatoms. The zero-order valence-corrected chi connectivity index (χ0v) is 14.0. The molecule has 0 aliphatic heterocycles. The van der Waals surface area contributed by atoms with Crippen molar-refractivity contribution < 1.29 is 9.53 Å². The number of nitrogens with one attached hydrogen (secondary N) is 1. The molecule has 124 valence electrons. The fourth-order valence-corrected chi connectivity index (χ4v) is 2.56. The van der Waals surface area contributed by atoms with Gasteiger partial charge in [-0.15, -0.1) is 0 Å². The molecular formula is C18H25N3O2. The minimum absolute atomic E-state index is 0.0950. The highest BCUT2D eigenvalue weighted by atomic mass is 16.5. The second kappa shape index (κ2) is 9.08.